The summed E-state index contributed by atoms with van der Waals surface area (Å²) in [6, 6.07) is 7.38. The van der Waals surface area contributed by atoms with Crippen molar-refractivity contribution >= 4 is 50.8 Å². The molecule has 1 saturated carbocycles. The predicted octanol–water partition coefficient (Wildman–Crippen LogP) is 4.71. The Hall–Kier alpha value is -2.45. The smallest absolute Gasteiger partial charge is 0.253 e. The van der Waals surface area contributed by atoms with Crippen molar-refractivity contribution in [2.75, 3.05) is 11.1 Å². The Morgan fingerprint density at radius 1 is 1.17 bits per heavy atom. The molecule has 0 bridgehead atoms. The molecule has 1 fully saturated rings. The topological polar surface area (TPSA) is 84.0 Å². The van der Waals surface area contributed by atoms with Crippen LogP contribution >= 0.6 is 23.1 Å². The summed E-state index contributed by atoms with van der Waals surface area (Å²) in [6.07, 6.45) is 5.89. The van der Waals surface area contributed by atoms with E-state index in [4.69, 9.17) is 0 Å². The number of carbonyl (C=O) groups excluding carboxylic acids is 2. The van der Waals surface area contributed by atoms with Crippen LogP contribution in [0.1, 0.15) is 46.5 Å². The summed E-state index contributed by atoms with van der Waals surface area (Å²) in [4.78, 5) is 36.2. The zero-order valence-electron chi connectivity index (χ0n) is 17.0. The standard InChI is InChI=1S/C22H24N4O2S2/c1-13-14(2)30-22-19(13)21(23-12-24-22)29-11-18(27)26-17-10-6-5-9-16(17)20(28)25-15-7-3-4-8-15/h5-6,9-10,12,15H,3-4,7-8,11H2,1-2H3,(H,25,28)(H,26,27). The summed E-state index contributed by atoms with van der Waals surface area (Å²) in [6.45, 7) is 4.12. The lowest BCUT2D eigenvalue weighted by molar-refractivity contribution is -0.113. The van der Waals surface area contributed by atoms with Gasteiger partial charge in [0.2, 0.25) is 5.91 Å². The van der Waals surface area contributed by atoms with Gasteiger partial charge in [-0.05, 0) is 44.4 Å². The number of amides is 2. The van der Waals surface area contributed by atoms with Crippen molar-refractivity contribution < 1.29 is 9.59 Å². The second kappa shape index (κ2) is 9.14. The second-order valence-electron chi connectivity index (χ2n) is 7.48. The van der Waals surface area contributed by atoms with Crippen LogP contribution in [0.2, 0.25) is 0 Å². The number of fused-ring (bicyclic) bond motifs is 1. The van der Waals surface area contributed by atoms with Gasteiger partial charge in [0.05, 0.1) is 17.0 Å². The molecule has 2 N–H and O–H groups in total. The maximum atomic E-state index is 12.7. The second-order valence-corrected chi connectivity index (χ2v) is 9.65. The maximum Gasteiger partial charge on any atom is 0.253 e. The highest BCUT2D eigenvalue weighted by molar-refractivity contribution is 8.00. The van der Waals surface area contributed by atoms with Crippen molar-refractivity contribution in [3.63, 3.8) is 0 Å². The first-order valence-electron chi connectivity index (χ1n) is 10.1. The van der Waals surface area contributed by atoms with E-state index in [0.29, 0.717) is 11.3 Å². The van der Waals surface area contributed by atoms with Gasteiger partial charge in [0.1, 0.15) is 16.2 Å². The SMILES string of the molecule is Cc1sc2ncnc(SCC(=O)Nc3ccccc3C(=O)NC3CCCC3)c2c1C. The Morgan fingerprint density at radius 2 is 1.93 bits per heavy atom. The van der Waals surface area contributed by atoms with Crippen molar-refractivity contribution in [3.8, 4) is 0 Å². The van der Waals surface area contributed by atoms with E-state index in [9.17, 15) is 9.59 Å². The van der Waals surface area contributed by atoms with Gasteiger partial charge in [-0.15, -0.1) is 11.3 Å². The molecule has 0 aliphatic heterocycles. The fraction of sp³-hybridized carbons (Fsp3) is 0.364. The van der Waals surface area contributed by atoms with E-state index >= 15 is 0 Å². The molecule has 4 rings (SSSR count). The third-order valence-electron chi connectivity index (χ3n) is 5.41. The maximum absolute atomic E-state index is 12.7. The van der Waals surface area contributed by atoms with Crippen LogP contribution in [0.3, 0.4) is 0 Å². The number of anilines is 1. The van der Waals surface area contributed by atoms with Crippen LogP contribution in [0.15, 0.2) is 35.6 Å². The molecule has 1 aliphatic rings. The lowest BCUT2D eigenvalue weighted by Gasteiger charge is -2.15. The largest absolute Gasteiger partial charge is 0.349 e. The van der Waals surface area contributed by atoms with Crippen molar-refractivity contribution in [2.24, 2.45) is 0 Å². The molecule has 1 aliphatic carbocycles. The van der Waals surface area contributed by atoms with Gasteiger partial charge >= 0.3 is 0 Å². The molecule has 0 saturated heterocycles. The number of hydrogen-bond acceptors (Lipinski definition) is 6. The van der Waals surface area contributed by atoms with Crippen molar-refractivity contribution in [1.29, 1.82) is 0 Å². The van der Waals surface area contributed by atoms with Crippen molar-refractivity contribution in [3.05, 3.63) is 46.6 Å². The Morgan fingerprint density at radius 3 is 2.73 bits per heavy atom. The summed E-state index contributed by atoms with van der Waals surface area (Å²) in [5.74, 6) is -0.0937. The molecule has 0 spiro atoms. The monoisotopic (exact) mass is 440 g/mol. The van der Waals surface area contributed by atoms with E-state index in [-0.39, 0.29) is 23.6 Å². The summed E-state index contributed by atoms with van der Waals surface area (Å²) in [5, 5.41) is 7.81. The van der Waals surface area contributed by atoms with E-state index in [1.165, 1.54) is 16.6 Å². The number of benzene rings is 1. The normalized spacial score (nSPS) is 14.2. The summed E-state index contributed by atoms with van der Waals surface area (Å²) in [7, 11) is 0. The van der Waals surface area contributed by atoms with Crippen LogP contribution < -0.4 is 10.6 Å². The number of aryl methyl sites for hydroxylation is 2. The highest BCUT2D eigenvalue weighted by Crippen LogP contribution is 2.34. The Kier molecular flexibility index (Phi) is 6.34. The van der Waals surface area contributed by atoms with Gasteiger partial charge in [-0.1, -0.05) is 36.7 Å². The fourth-order valence-corrected chi connectivity index (χ4v) is 5.62. The summed E-state index contributed by atoms with van der Waals surface area (Å²) >= 11 is 3.03. The zero-order valence-corrected chi connectivity index (χ0v) is 18.7. The first-order valence-corrected chi connectivity index (χ1v) is 11.9. The fourth-order valence-electron chi connectivity index (χ4n) is 3.70. The molecule has 6 nitrogen and oxygen atoms in total. The van der Waals surface area contributed by atoms with Gasteiger partial charge in [0, 0.05) is 16.3 Å². The van der Waals surface area contributed by atoms with Crippen LogP contribution in [0, 0.1) is 13.8 Å². The molecule has 2 amide bonds. The van der Waals surface area contributed by atoms with Gasteiger partial charge in [-0.25, -0.2) is 9.97 Å². The van der Waals surface area contributed by atoms with E-state index < -0.39 is 0 Å². The number of hydrogen-bond donors (Lipinski definition) is 2. The number of rotatable bonds is 6. The number of carbonyl (C=O) groups is 2. The lowest BCUT2D eigenvalue weighted by Crippen LogP contribution is -2.33. The summed E-state index contributed by atoms with van der Waals surface area (Å²) in [5.41, 5.74) is 2.19. The number of nitrogens with one attached hydrogen (secondary N) is 2. The number of nitrogens with zero attached hydrogens (tertiary/aromatic N) is 2. The minimum atomic E-state index is -0.169. The molecule has 0 atom stereocenters. The van der Waals surface area contributed by atoms with E-state index in [1.54, 1.807) is 29.8 Å². The van der Waals surface area contributed by atoms with E-state index in [2.05, 4.69) is 34.4 Å². The average Bonchev–Trinajstić information content (AvgIpc) is 3.35. The van der Waals surface area contributed by atoms with Crippen LogP contribution in [0.25, 0.3) is 10.2 Å². The van der Waals surface area contributed by atoms with Crippen LogP contribution in [-0.2, 0) is 4.79 Å². The highest BCUT2D eigenvalue weighted by Gasteiger charge is 2.20. The molecule has 3 aromatic rings. The molecule has 0 radical (unpaired) electrons. The Labute approximate surface area is 183 Å². The minimum absolute atomic E-state index is 0.132. The molecule has 2 heterocycles. The van der Waals surface area contributed by atoms with Crippen LogP contribution in [0.4, 0.5) is 5.69 Å². The van der Waals surface area contributed by atoms with E-state index in [1.807, 2.05) is 12.1 Å². The predicted molar refractivity (Wildman–Crippen MR) is 122 cm³/mol. The zero-order chi connectivity index (χ0) is 21.1. The van der Waals surface area contributed by atoms with E-state index in [0.717, 1.165) is 46.5 Å². The number of aromatic nitrogens is 2. The molecule has 2 aromatic heterocycles. The quantitative estimate of drug-likeness (QED) is 0.428. The number of thioether (sulfide) groups is 1. The first kappa shape index (κ1) is 20.8. The molecule has 1 aromatic carbocycles. The van der Waals surface area contributed by atoms with Crippen molar-refractivity contribution in [1.82, 2.24) is 15.3 Å². The minimum Gasteiger partial charge on any atom is -0.349 e. The Balaban J connectivity index is 1.43. The first-order chi connectivity index (χ1) is 14.5. The molecular weight excluding hydrogens is 416 g/mol. The highest BCUT2D eigenvalue weighted by atomic mass is 32.2. The third kappa shape index (κ3) is 4.49. The lowest BCUT2D eigenvalue weighted by atomic mass is 10.1. The van der Waals surface area contributed by atoms with Gasteiger partial charge in [-0.3, -0.25) is 9.59 Å². The molecule has 30 heavy (non-hydrogen) atoms. The molecule has 156 valence electrons. The van der Waals surface area contributed by atoms with Crippen LogP contribution in [-0.4, -0.2) is 33.6 Å². The third-order valence-corrected chi connectivity index (χ3v) is 7.51. The molecule has 8 heteroatoms. The van der Waals surface area contributed by atoms with Crippen molar-refractivity contribution in [2.45, 2.75) is 50.6 Å². The molecule has 0 unspecified atom stereocenters. The number of para-hydroxylation sites is 1. The Bertz CT molecular complexity index is 1090. The molecular formula is C22H24N4O2S2. The van der Waals surface area contributed by atoms with Crippen LogP contribution in [0.5, 0.6) is 0 Å². The van der Waals surface area contributed by atoms with Gasteiger partial charge < -0.3 is 10.6 Å². The summed E-state index contributed by atoms with van der Waals surface area (Å²) < 4.78 is 0. The number of thiophene rings is 1. The van der Waals surface area contributed by atoms with Gasteiger partial charge in [0.25, 0.3) is 5.91 Å². The average molecular weight is 441 g/mol. The van der Waals surface area contributed by atoms with Gasteiger partial charge in [0.15, 0.2) is 0 Å². The van der Waals surface area contributed by atoms with Gasteiger partial charge in [-0.2, -0.15) is 0 Å².